The highest BCUT2D eigenvalue weighted by atomic mass is 16.1. The van der Waals surface area contributed by atoms with Crippen molar-refractivity contribution in [3.05, 3.63) is 47.3 Å². The van der Waals surface area contributed by atoms with Crippen molar-refractivity contribution in [1.82, 2.24) is 15.1 Å². The van der Waals surface area contributed by atoms with E-state index < -0.39 is 0 Å². The first-order valence-corrected chi connectivity index (χ1v) is 7.55. The fourth-order valence-electron chi connectivity index (χ4n) is 2.33. The quantitative estimate of drug-likeness (QED) is 0.888. The van der Waals surface area contributed by atoms with Gasteiger partial charge in [0.2, 0.25) is 5.91 Å². The van der Waals surface area contributed by atoms with Crippen LogP contribution in [0.2, 0.25) is 0 Å². The SMILES string of the molecule is Cc1nn(-c2ccccc2)c(C)c1CNC(=O)C(C)C(C)N. The molecule has 2 rings (SSSR count). The van der Waals surface area contributed by atoms with Crippen molar-refractivity contribution in [3.8, 4) is 5.69 Å². The Labute approximate surface area is 131 Å². The van der Waals surface area contributed by atoms with E-state index in [9.17, 15) is 4.79 Å². The van der Waals surface area contributed by atoms with E-state index in [1.807, 2.05) is 62.7 Å². The molecule has 0 spiro atoms. The van der Waals surface area contributed by atoms with Gasteiger partial charge >= 0.3 is 0 Å². The molecule has 0 saturated carbocycles. The van der Waals surface area contributed by atoms with Crippen LogP contribution in [0.15, 0.2) is 30.3 Å². The van der Waals surface area contributed by atoms with Gasteiger partial charge in [0.25, 0.3) is 0 Å². The summed E-state index contributed by atoms with van der Waals surface area (Å²) in [5.41, 5.74) is 9.80. The lowest BCUT2D eigenvalue weighted by Crippen LogP contribution is -2.38. The predicted molar refractivity (Wildman–Crippen MR) is 87.7 cm³/mol. The van der Waals surface area contributed by atoms with E-state index in [0.717, 1.165) is 22.6 Å². The summed E-state index contributed by atoms with van der Waals surface area (Å²) in [6.07, 6.45) is 0. The largest absolute Gasteiger partial charge is 0.352 e. The number of aryl methyl sites for hydroxylation is 1. The van der Waals surface area contributed by atoms with Crippen LogP contribution in [0.1, 0.15) is 30.8 Å². The van der Waals surface area contributed by atoms with Gasteiger partial charge in [-0.25, -0.2) is 4.68 Å². The molecule has 118 valence electrons. The molecule has 1 aromatic carbocycles. The molecule has 22 heavy (non-hydrogen) atoms. The highest BCUT2D eigenvalue weighted by Crippen LogP contribution is 2.17. The normalized spacial score (nSPS) is 13.7. The minimum atomic E-state index is -0.204. The molecule has 2 aromatic rings. The molecule has 1 heterocycles. The molecule has 1 aromatic heterocycles. The van der Waals surface area contributed by atoms with Crippen LogP contribution in [-0.4, -0.2) is 21.7 Å². The number of nitrogens with two attached hydrogens (primary N) is 1. The van der Waals surface area contributed by atoms with Crippen LogP contribution in [0.3, 0.4) is 0 Å². The summed E-state index contributed by atoms with van der Waals surface area (Å²) in [5.74, 6) is -0.231. The number of amides is 1. The Kier molecular flexibility index (Phi) is 4.98. The van der Waals surface area contributed by atoms with E-state index in [0.29, 0.717) is 6.54 Å². The van der Waals surface area contributed by atoms with Crippen LogP contribution in [0.4, 0.5) is 0 Å². The third kappa shape index (κ3) is 3.36. The van der Waals surface area contributed by atoms with Gasteiger partial charge in [0, 0.05) is 29.8 Å². The average molecular weight is 300 g/mol. The first-order chi connectivity index (χ1) is 10.4. The Bertz CT molecular complexity index is 646. The molecule has 0 aliphatic carbocycles. The summed E-state index contributed by atoms with van der Waals surface area (Å²) < 4.78 is 1.91. The number of benzene rings is 1. The van der Waals surface area contributed by atoms with Gasteiger partial charge in [-0.2, -0.15) is 5.10 Å². The zero-order chi connectivity index (χ0) is 16.3. The number of nitrogens with one attached hydrogen (secondary N) is 1. The van der Waals surface area contributed by atoms with Crippen molar-refractivity contribution in [2.45, 2.75) is 40.3 Å². The van der Waals surface area contributed by atoms with Crippen LogP contribution in [0.5, 0.6) is 0 Å². The van der Waals surface area contributed by atoms with Crippen molar-refractivity contribution in [2.24, 2.45) is 11.7 Å². The van der Waals surface area contributed by atoms with Crippen LogP contribution in [0, 0.1) is 19.8 Å². The number of rotatable bonds is 5. The molecular weight excluding hydrogens is 276 g/mol. The Morgan fingerprint density at radius 3 is 2.50 bits per heavy atom. The Hall–Kier alpha value is -2.14. The minimum Gasteiger partial charge on any atom is -0.352 e. The van der Waals surface area contributed by atoms with Gasteiger partial charge < -0.3 is 11.1 Å². The number of carbonyl (C=O) groups excluding carboxylic acids is 1. The van der Waals surface area contributed by atoms with E-state index >= 15 is 0 Å². The van der Waals surface area contributed by atoms with Gasteiger partial charge in [-0.3, -0.25) is 4.79 Å². The molecule has 0 bridgehead atoms. The number of para-hydroxylation sites is 1. The summed E-state index contributed by atoms with van der Waals surface area (Å²) in [6.45, 7) is 8.13. The van der Waals surface area contributed by atoms with Gasteiger partial charge in [0.15, 0.2) is 0 Å². The first kappa shape index (κ1) is 16.2. The third-order valence-corrected chi connectivity index (χ3v) is 4.08. The van der Waals surface area contributed by atoms with Crippen molar-refractivity contribution in [2.75, 3.05) is 0 Å². The summed E-state index contributed by atoms with van der Waals surface area (Å²) >= 11 is 0. The Balaban J connectivity index is 2.16. The Morgan fingerprint density at radius 2 is 1.91 bits per heavy atom. The maximum atomic E-state index is 12.0. The molecule has 5 heteroatoms. The summed E-state index contributed by atoms with van der Waals surface area (Å²) in [5, 5.41) is 7.53. The maximum absolute atomic E-state index is 12.0. The number of hydrogen-bond acceptors (Lipinski definition) is 3. The molecule has 0 aliphatic heterocycles. The fourth-order valence-corrected chi connectivity index (χ4v) is 2.33. The molecular formula is C17H24N4O. The van der Waals surface area contributed by atoms with Crippen molar-refractivity contribution >= 4 is 5.91 Å². The molecule has 0 saturated heterocycles. The molecule has 2 unspecified atom stereocenters. The molecule has 2 atom stereocenters. The van der Waals surface area contributed by atoms with Crippen molar-refractivity contribution in [1.29, 1.82) is 0 Å². The second kappa shape index (κ2) is 6.75. The predicted octanol–water partition coefficient (Wildman–Crippen LogP) is 2.09. The average Bonchev–Trinajstić information content (AvgIpc) is 2.79. The summed E-state index contributed by atoms with van der Waals surface area (Å²) in [7, 11) is 0. The maximum Gasteiger partial charge on any atom is 0.224 e. The van der Waals surface area contributed by atoms with E-state index in [1.165, 1.54) is 0 Å². The van der Waals surface area contributed by atoms with Crippen LogP contribution in [0.25, 0.3) is 5.69 Å². The third-order valence-electron chi connectivity index (χ3n) is 4.08. The molecule has 1 amide bonds. The van der Waals surface area contributed by atoms with Gasteiger partial charge in [-0.15, -0.1) is 0 Å². The monoisotopic (exact) mass is 300 g/mol. The number of nitrogens with zero attached hydrogens (tertiary/aromatic N) is 2. The van der Waals surface area contributed by atoms with Crippen LogP contribution >= 0.6 is 0 Å². The molecule has 0 aliphatic rings. The van der Waals surface area contributed by atoms with Gasteiger partial charge in [0.05, 0.1) is 11.4 Å². The second-order valence-electron chi connectivity index (χ2n) is 5.76. The molecule has 5 nitrogen and oxygen atoms in total. The highest BCUT2D eigenvalue weighted by molar-refractivity contribution is 5.78. The lowest BCUT2D eigenvalue weighted by Gasteiger charge is -2.15. The topological polar surface area (TPSA) is 72.9 Å². The van der Waals surface area contributed by atoms with Gasteiger partial charge in [-0.1, -0.05) is 25.1 Å². The van der Waals surface area contributed by atoms with Gasteiger partial charge in [-0.05, 0) is 32.9 Å². The number of hydrogen-bond donors (Lipinski definition) is 2. The fraction of sp³-hybridized carbons (Fsp3) is 0.412. The zero-order valence-electron chi connectivity index (χ0n) is 13.6. The van der Waals surface area contributed by atoms with Gasteiger partial charge in [0.1, 0.15) is 0 Å². The zero-order valence-corrected chi connectivity index (χ0v) is 13.6. The molecule has 0 radical (unpaired) electrons. The smallest absolute Gasteiger partial charge is 0.224 e. The molecule has 0 fully saturated rings. The second-order valence-corrected chi connectivity index (χ2v) is 5.76. The van der Waals surface area contributed by atoms with E-state index in [2.05, 4.69) is 10.4 Å². The summed E-state index contributed by atoms with van der Waals surface area (Å²) in [4.78, 5) is 12.0. The first-order valence-electron chi connectivity index (χ1n) is 7.55. The van der Waals surface area contributed by atoms with Crippen LogP contribution in [-0.2, 0) is 11.3 Å². The number of aromatic nitrogens is 2. The lowest BCUT2D eigenvalue weighted by molar-refractivity contribution is -0.125. The minimum absolute atomic E-state index is 0.0266. The van der Waals surface area contributed by atoms with Crippen molar-refractivity contribution < 1.29 is 4.79 Å². The summed E-state index contributed by atoms with van der Waals surface area (Å²) in [6, 6.07) is 9.81. The molecule has 3 N–H and O–H groups in total. The van der Waals surface area contributed by atoms with E-state index in [1.54, 1.807) is 0 Å². The standard InChI is InChI=1S/C17H24N4O/c1-11(12(2)18)17(22)19-10-16-13(3)20-21(14(16)4)15-8-6-5-7-9-15/h5-9,11-12H,10,18H2,1-4H3,(H,19,22). The van der Waals surface area contributed by atoms with Crippen molar-refractivity contribution in [3.63, 3.8) is 0 Å². The van der Waals surface area contributed by atoms with Crippen LogP contribution < -0.4 is 11.1 Å². The van der Waals surface area contributed by atoms with E-state index in [4.69, 9.17) is 5.73 Å². The number of carbonyl (C=O) groups is 1. The van der Waals surface area contributed by atoms with E-state index in [-0.39, 0.29) is 17.9 Å². The lowest BCUT2D eigenvalue weighted by atomic mass is 10.0. The highest BCUT2D eigenvalue weighted by Gasteiger charge is 2.18. The Morgan fingerprint density at radius 1 is 1.27 bits per heavy atom.